The molecule has 1 heterocycles. The second-order valence-electron chi connectivity index (χ2n) is 5.79. The van der Waals surface area contributed by atoms with Crippen LogP contribution in [0.1, 0.15) is 40.4 Å². The summed E-state index contributed by atoms with van der Waals surface area (Å²) in [6.07, 6.45) is 0. The van der Waals surface area contributed by atoms with Gasteiger partial charge < -0.3 is 9.47 Å². The number of hydrogen-bond donors (Lipinski definition) is 1. The first-order chi connectivity index (χ1) is 9.95. The van der Waals surface area contributed by atoms with E-state index in [0.717, 1.165) is 22.9 Å². The van der Waals surface area contributed by atoms with Crippen LogP contribution in [-0.4, -0.2) is 28.4 Å². The predicted molar refractivity (Wildman–Crippen MR) is 82.9 cm³/mol. The van der Waals surface area contributed by atoms with Crippen molar-refractivity contribution >= 4 is 0 Å². The van der Waals surface area contributed by atoms with E-state index < -0.39 is 0 Å². The van der Waals surface area contributed by atoms with Crippen LogP contribution < -0.4 is 9.47 Å². The van der Waals surface area contributed by atoms with Crippen LogP contribution in [0.3, 0.4) is 0 Å². The second-order valence-corrected chi connectivity index (χ2v) is 5.79. The fraction of sp³-hybridized carbons (Fsp3) is 0.500. The van der Waals surface area contributed by atoms with Crippen LogP contribution in [0.5, 0.6) is 11.5 Å². The molecule has 0 saturated carbocycles. The summed E-state index contributed by atoms with van der Waals surface area (Å²) < 4.78 is 11.2. The van der Waals surface area contributed by atoms with Gasteiger partial charge in [-0.05, 0) is 32.0 Å². The van der Waals surface area contributed by atoms with E-state index in [0.29, 0.717) is 19.0 Å². The molecule has 5 heteroatoms. The Hall–Kier alpha value is -2.04. The third-order valence-electron chi connectivity index (χ3n) is 3.00. The van der Waals surface area contributed by atoms with Gasteiger partial charge in [-0.3, -0.25) is 5.10 Å². The van der Waals surface area contributed by atoms with Gasteiger partial charge >= 0.3 is 0 Å². The van der Waals surface area contributed by atoms with E-state index in [4.69, 9.17) is 9.47 Å². The lowest BCUT2D eigenvalue weighted by molar-refractivity contribution is 0.288. The van der Waals surface area contributed by atoms with Gasteiger partial charge in [0.2, 0.25) is 0 Å². The van der Waals surface area contributed by atoms with Gasteiger partial charge in [0, 0.05) is 11.0 Å². The van der Waals surface area contributed by atoms with Crippen LogP contribution in [-0.2, 0) is 5.41 Å². The smallest absolute Gasteiger partial charge is 0.181 e. The molecule has 21 heavy (non-hydrogen) atoms. The van der Waals surface area contributed by atoms with E-state index in [1.54, 1.807) is 0 Å². The van der Waals surface area contributed by atoms with E-state index in [1.165, 1.54) is 0 Å². The number of aromatic nitrogens is 3. The third-order valence-corrected chi connectivity index (χ3v) is 3.00. The Morgan fingerprint density at radius 2 is 1.71 bits per heavy atom. The van der Waals surface area contributed by atoms with Gasteiger partial charge in [-0.1, -0.05) is 20.8 Å². The van der Waals surface area contributed by atoms with Crippen molar-refractivity contribution in [2.75, 3.05) is 13.2 Å². The summed E-state index contributed by atoms with van der Waals surface area (Å²) in [6.45, 7) is 11.4. The van der Waals surface area contributed by atoms with E-state index in [-0.39, 0.29) is 5.41 Å². The largest absolute Gasteiger partial charge is 0.490 e. The standard InChI is InChI=1S/C16H23N3O2/c1-6-20-12-9-8-11(10-13(12)21-7-2)14-17-15(19-18-14)16(3,4)5/h8-10H,6-7H2,1-5H3,(H,17,18,19). The molecule has 2 rings (SSSR count). The molecular weight excluding hydrogens is 266 g/mol. The Morgan fingerprint density at radius 1 is 1.05 bits per heavy atom. The number of nitrogens with one attached hydrogen (secondary N) is 1. The molecule has 114 valence electrons. The molecule has 0 atom stereocenters. The van der Waals surface area contributed by atoms with Crippen molar-refractivity contribution in [2.24, 2.45) is 0 Å². The molecule has 0 unspecified atom stereocenters. The highest BCUT2D eigenvalue weighted by Crippen LogP contribution is 2.32. The van der Waals surface area contributed by atoms with E-state index >= 15 is 0 Å². The number of rotatable bonds is 5. The highest BCUT2D eigenvalue weighted by Gasteiger charge is 2.19. The monoisotopic (exact) mass is 289 g/mol. The zero-order valence-electron chi connectivity index (χ0n) is 13.4. The maximum atomic E-state index is 5.64. The van der Waals surface area contributed by atoms with Crippen molar-refractivity contribution in [3.8, 4) is 22.9 Å². The Balaban J connectivity index is 2.35. The zero-order valence-corrected chi connectivity index (χ0v) is 13.4. The van der Waals surface area contributed by atoms with Gasteiger partial charge in [0.25, 0.3) is 0 Å². The zero-order chi connectivity index (χ0) is 15.5. The summed E-state index contributed by atoms with van der Waals surface area (Å²) in [5.74, 6) is 3.00. The fourth-order valence-corrected chi connectivity index (χ4v) is 1.92. The number of ether oxygens (including phenoxy) is 2. The molecule has 1 aromatic carbocycles. The molecule has 0 aliphatic heterocycles. The summed E-state index contributed by atoms with van der Waals surface area (Å²) in [5.41, 5.74) is 0.855. The summed E-state index contributed by atoms with van der Waals surface area (Å²) in [6, 6.07) is 5.77. The highest BCUT2D eigenvalue weighted by atomic mass is 16.5. The molecular formula is C16H23N3O2. The van der Waals surface area contributed by atoms with Crippen molar-refractivity contribution < 1.29 is 9.47 Å². The van der Waals surface area contributed by atoms with Crippen LogP contribution >= 0.6 is 0 Å². The topological polar surface area (TPSA) is 60.0 Å². The minimum atomic E-state index is -0.0563. The van der Waals surface area contributed by atoms with Gasteiger partial charge in [0.05, 0.1) is 13.2 Å². The average molecular weight is 289 g/mol. The minimum absolute atomic E-state index is 0.0563. The summed E-state index contributed by atoms with van der Waals surface area (Å²) in [4.78, 5) is 4.57. The van der Waals surface area contributed by atoms with Gasteiger partial charge in [0.15, 0.2) is 17.3 Å². The van der Waals surface area contributed by atoms with Crippen molar-refractivity contribution in [3.05, 3.63) is 24.0 Å². The third kappa shape index (κ3) is 3.54. The molecule has 5 nitrogen and oxygen atoms in total. The quantitative estimate of drug-likeness (QED) is 0.914. The van der Waals surface area contributed by atoms with E-state index in [9.17, 15) is 0 Å². The number of benzene rings is 1. The summed E-state index contributed by atoms with van der Waals surface area (Å²) in [7, 11) is 0. The number of aromatic amines is 1. The fourth-order valence-electron chi connectivity index (χ4n) is 1.92. The van der Waals surface area contributed by atoms with Gasteiger partial charge in [-0.25, -0.2) is 4.98 Å². The van der Waals surface area contributed by atoms with Crippen molar-refractivity contribution in [2.45, 2.75) is 40.0 Å². The molecule has 0 amide bonds. The molecule has 0 aliphatic carbocycles. The van der Waals surface area contributed by atoms with Gasteiger partial charge in [-0.2, -0.15) is 5.10 Å². The van der Waals surface area contributed by atoms with Crippen molar-refractivity contribution in [1.82, 2.24) is 15.2 Å². The lowest BCUT2D eigenvalue weighted by Crippen LogP contribution is -2.13. The molecule has 0 bridgehead atoms. The minimum Gasteiger partial charge on any atom is -0.490 e. The molecule has 0 spiro atoms. The molecule has 0 aliphatic rings. The molecule has 0 saturated heterocycles. The van der Waals surface area contributed by atoms with Gasteiger partial charge in [-0.15, -0.1) is 0 Å². The summed E-state index contributed by atoms with van der Waals surface area (Å²) in [5, 5.41) is 7.30. The van der Waals surface area contributed by atoms with Crippen LogP contribution in [0.15, 0.2) is 18.2 Å². The van der Waals surface area contributed by atoms with E-state index in [1.807, 2.05) is 32.0 Å². The summed E-state index contributed by atoms with van der Waals surface area (Å²) >= 11 is 0. The van der Waals surface area contributed by atoms with Crippen molar-refractivity contribution in [3.63, 3.8) is 0 Å². The SMILES string of the molecule is CCOc1ccc(-c2n[nH]c(C(C)(C)C)n2)cc1OCC. The molecule has 1 N–H and O–H groups in total. The molecule has 1 aromatic heterocycles. The Labute approximate surface area is 125 Å². The van der Waals surface area contributed by atoms with Crippen LogP contribution in [0.25, 0.3) is 11.4 Å². The highest BCUT2D eigenvalue weighted by molar-refractivity contribution is 5.61. The second kappa shape index (κ2) is 6.16. The number of H-pyrrole nitrogens is 1. The Bertz CT molecular complexity index is 600. The van der Waals surface area contributed by atoms with Crippen LogP contribution in [0.4, 0.5) is 0 Å². The number of nitrogens with zero attached hydrogens (tertiary/aromatic N) is 2. The van der Waals surface area contributed by atoms with Crippen LogP contribution in [0.2, 0.25) is 0 Å². The first-order valence-corrected chi connectivity index (χ1v) is 7.28. The molecule has 0 radical (unpaired) electrons. The first kappa shape index (κ1) is 15.4. The Morgan fingerprint density at radius 3 is 2.29 bits per heavy atom. The first-order valence-electron chi connectivity index (χ1n) is 7.28. The predicted octanol–water partition coefficient (Wildman–Crippen LogP) is 3.57. The van der Waals surface area contributed by atoms with Crippen LogP contribution in [0, 0.1) is 0 Å². The van der Waals surface area contributed by atoms with Crippen molar-refractivity contribution in [1.29, 1.82) is 0 Å². The lowest BCUT2D eigenvalue weighted by Gasteiger charge is -2.13. The normalized spacial score (nSPS) is 11.5. The molecule has 0 fully saturated rings. The maximum absolute atomic E-state index is 5.64. The Kier molecular flexibility index (Phi) is 4.50. The maximum Gasteiger partial charge on any atom is 0.181 e. The van der Waals surface area contributed by atoms with Gasteiger partial charge in [0.1, 0.15) is 5.82 Å². The lowest BCUT2D eigenvalue weighted by atomic mass is 9.96. The number of hydrogen-bond acceptors (Lipinski definition) is 4. The molecule has 2 aromatic rings. The average Bonchev–Trinajstić information content (AvgIpc) is 2.91. The van der Waals surface area contributed by atoms with E-state index in [2.05, 4.69) is 36.0 Å².